The largest absolute Gasteiger partial charge is 0.353 e. The summed E-state index contributed by atoms with van der Waals surface area (Å²) >= 11 is 0. The lowest BCUT2D eigenvalue weighted by Gasteiger charge is -2.37. The van der Waals surface area contributed by atoms with Crippen LogP contribution >= 0.6 is 0 Å². The summed E-state index contributed by atoms with van der Waals surface area (Å²) in [6.45, 7) is 4.22. The lowest BCUT2D eigenvalue weighted by atomic mass is 9.67. The topological polar surface area (TPSA) is 102 Å². The first kappa shape index (κ1) is 17.9. The quantitative estimate of drug-likeness (QED) is 0.813. The molecular weight excluding hydrogens is 338 g/mol. The monoisotopic (exact) mass is 363 g/mol. The van der Waals surface area contributed by atoms with Gasteiger partial charge in [0.25, 0.3) is 0 Å². The number of carbonyl (C=O) groups is 1. The molecule has 2 fully saturated rings. The van der Waals surface area contributed by atoms with Gasteiger partial charge in [0, 0.05) is 12.0 Å². The molecule has 0 aromatic carbocycles. The Morgan fingerprint density at radius 1 is 1.04 bits per heavy atom. The van der Waals surface area contributed by atoms with Crippen LogP contribution < -0.4 is 5.32 Å². The van der Waals surface area contributed by atoms with Crippen LogP contribution in [0.5, 0.6) is 0 Å². The predicted octanol–water partition coefficient (Wildman–Crippen LogP) is 3.21. The summed E-state index contributed by atoms with van der Waals surface area (Å²) in [5.41, 5.74) is 0.389. The Morgan fingerprint density at radius 3 is 2.30 bits per heavy atom. The van der Waals surface area contributed by atoms with Crippen LogP contribution in [-0.2, 0) is 10.2 Å². The number of rotatable bonds is 2. The average molecular weight is 363 g/mol. The summed E-state index contributed by atoms with van der Waals surface area (Å²) in [6, 6.07) is 4.18. The molecule has 1 amide bonds. The van der Waals surface area contributed by atoms with Crippen molar-refractivity contribution in [2.24, 2.45) is 5.41 Å². The molecule has 0 saturated heterocycles. The van der Waals surface area contributed by atoms with Gasteiger partial charge in [0.15, 0.2) is 11.4 Å². The van der Waals surface area contributed by atoms with Gasteiger partial charge < -0.3 is 5.32 Å². The molecule has 1 aromatic heterocycles. The maximum absolute atomic E-state index is 13.6. The van der Waals surface area contributed by atoms with E-state index in [0.717, 1.165) is 44.2 Å². The third-order valence-electron chi connectivity index (χ3n) is 7.23. The zero-order chi connectivity index (χ0) is 19.2. The van der Waals surface area contributed by atoms with Crippen LogP contribution in [0.1, 0.15) is 93.9 Å². The summed E-state index contributed by atoms with van der Waals surface area (Å²) in [5.74, 6) is 0.128. The van der Waals surface area contributed by atoms with E-state index in [0.29, 0.717) is 5.69 Å². The molecule has 6 nitrogen and oxygen atoms in total. The summed E-state index contributed by atoms with van der Waals surface area (Å²) in [7, 11) is 0. The maximum atomic E-state index is 13.6. The van der Waals surface area contributed by atoms with Crippen molar-refractivity contribution in [1.82, 2.24) is 15.3 Å². The van der Waals surface area contributed by atoms with Gasteiger partial charge in [-0.2, -0.15) is 10.5 Å². The van der Waals surface area contributed by atoms with E-state index in [-0.39, 0.29) is 34.7 Å². The second-order valence-electron chi connectivity index (χ2n) is 8.76. The zero-order valence-electron chi connectivity index (χ0n) is 16.0. The van der Waals surface area contributed by atoms with Crippen LogP contribution in [0.4, 0.5) is 0 Å². The molecule has 2 bridgehead atoms. The number of hydrogen-bond acceptors (Lipinski definition) is 5. The van der Waals surface area contributed by atoms with Gasteiger partial charge in [0.2, 0.25) is 5.91 Å². The fourth-order valence-electron chi connectivity index (χ4n) is 5.65. The van der Waals surface area contributed by atoms with Crippen LogP contribution in [0.2, 0.25) is 0 Å². The number of aromatic nitrogens is 2. The van der Waals surface area contributed by atoms with Gasteiger partial charge in [-0.15, -0.1) is 0 Å². The van der Waals surface area contributed by atoms with Gasteiger partial charge in [-0.25, -0.2) is 9.97 Å². The van der Waals surface area contributed by atoms with Crippen LogP contribution in [0.3, 0.4) is 0 Å². The molecular formula is C21H25N5O. The number of nitriles is 2. The predicted molar refractivity (Wildman–Crippen MR) is 98.5 cm³/mol. The highest BCUT2D eigenvalue weighted by Crippen LogP contribution is 2.67. The zero-order valence-corrected chi connectivity index (χ0v) is 16.0. The molecule has 4 rings (SSSR count). The van der Waals surface area contributed by atoms with Gasteiger partial charge in [-0.1, -0.05) is 39.5 Å². The molecule has 2 saturated carbocycles. The van der Waals surface area contributed by atoms with Gasteiger partial charge >= 0.3 is 0 Å². The summed E-state index contributed by atoms with van der Waals surface area (Å²) < 4.78 is 0. The molecule has 140 valence electrons. The van der Waals surface area contributed by atoms with Crippen molar-refractivity contribution in [2.75, 3.05) is 0 Å². The van der Waals surface area contributed by atoms with Gasteiger partial charge in [0.05, 0.1) is 16.8 Å². The number of hydrogen-bond donors (Lipinski definition) is 1. The SMILES string of the molecule is CC1(C)[C@@H]2CC[C@@]1(C(=O)NC1CCCCCC1)c1nc(C#N)c(C#N)nc12. The Morgan fingerprint density at radius 2 is 1.67 bits per heavy atom. The van der Waals surface area contributed by atoms with E-state index in [2.05, 4.69) is 29.1 Å². The number of carbonyl (C=O) groups excluding carboxylic acids is 1. The van der Waals surface area contributed by atoms with Crippen LogP contribution in [0.15, 0.2) is 0 Å². The fourth-order valence-corrected chi connectivity index (χ4v) is 5.65. The summed E-state index contributed by atoms with van der Waals surface area (Å²) in [5, 5.41) is 22.0. The molecule has 6 heteroatoms. The highest BCUT2D eigenvalue weighted by Gasteiger charge is 2.68. The van der Waals surface area contributed by atoms with E-state index in [1.807, 2.05) is 12.1 Å². The van der Waals surface area contributed by atoms with Crippen molar-refractivity contribution < 1.29 is 4.79 Å². The Hall–Kier alpha value is -2.47. The molecule has 1 N–H and O–H groups in total. The standard InChI is InChI=1S/C21H25N5O/c1-20(2)14-9-10-21(20,19(27)24-13-7-5-3-4-6-8-13)18-17(14)25-15(11-22)16(12-23)26-18/h13-14H,3-10H2,1-2H3,(H,24,27)/t14-,21+/m1/s1. The minimum absolute atomic E-state index is 0.0289. The van der Waals surface area contributed by atoms with Crippen molar-refractivity contribution in [3.8, 4) is 12.1 Å². The van der Waals surface area contributed by atoms with E-state index in [1.165, 1.54) is 12.8 Å². The van der Waals surface area contributed by atoms with Crippen molar-refractivity contribution in [3.63, 3.8) is 0 Å². The highest BCUT2D eigenvalue weighted by molar-refractivity contribution is 5.91. The number of fused-ring (bicyclic) bond motifs is 5. The molecule has 2 atom stereocenters. The van der Waals surface area contributed by atoms with Gasteiger partial charge in [-0.3, -0.25) is 4.79 Å². The molecule has 0 aliphatic heterocycles. The molecule has 0 unspecified atom stereocenters. The third-order valence-corrected chi connectivity index (χ3v) is 7.23. The molecule has 0 spiro atoms. The fraction of sp³-hybridized carbons (Fsp3) is 0.667. The first-order valence-electron chi connectivity index (χ1n) is 9.99. The van der Waals surface area contributed by atoms with E-state index in [9.17, 15) is 15.3 Å². The minimum Gasteiger partial charge on any atom is -0.353 e. The molecule has 1 aromatic rings. The van der Waals surface area contributed by atoms with E-state index in [4.69, 9.17) is 0 Å². The number of amides is 1. The Labute approximate surface area is 160 Å². The summed E-state index contributed by atoms with van der Waals surface area (Å²) in [4.78, 5) is 22.6. The van der Waals surface area contributed by atoms with Crippen molar-refractivity contribution >= 4 is 5.91 Å². The molecule has 3 aliphatic carbocycles. The molecule has 0 radical (unpaired) electrons. The molecule has 3 aliphatic rings. The normalized spacial score (nSPS) is 28.7. The first-order chi connectivity index (χ1) is 13.0. The average Bonchev–Trinajstić information content (AvgIpc) is 2.89. The van der Waals surface area contributed by atoms with Crippen LogP contribution in [-0.4, -0.2) is 21.9 Å². The smallest absolute Gasteiger partial charge is 0.233 e. The van der Waals surface area contributed by atoms with Crippen molar-refractivity contribution in [3.05, 3.63) is 22.8 Å². The Balaban J connectivity index is 1.76. The minimum atomic E-state index is -0.758. The first-order valence-corrected chi connectivity index (χ1v) is 9.99. The lowest BCUT2D eigenvalue weighted by molar-refractivity contribution is -0.130. The number of nitrogens with zero attached hydrogens (tertiary/aromatic N) is 4. The van der Waals surface area contributed by atoms with E-state index >= 15 is 0 Å². The Kier molecular flexibility index (Phi) is 4.18. The van der Waals surface area contributed by atoms with Crippen molar-refractivity contribution in [2.45, 2.75) is 82.6 Å². The van der Waals surface area contributed by atoms with Crippen LogP contribution in [0, 0.1) is 28.1 Å². The summed E-state index contributed by atoms with van der Waals surface area (Å²) in [6.07, 6.45) is 8.44. The van der Waals surface area contributed by atoms with Crippen LogP contribution in [0.25, 0.3) is 0 Å². The molecule has 1 heterocycles. The Bertz CT molecular complexity index is 870. The highest BCUT2D eigenvalue weighted by atomic mass is 16.2. The third kappa shape index (κ3) is 2.39. The van der Waals surface area contributed by atoms with Gasteiger partial charge in [0.1, 0.15) is 12.1 Å². The molecule has 27 heavy (non-hydrogen) atoms. The lowest BCUT2D eigenvalue weighted by Crippen LogP contribution is -2.52. The second kappa shape index (κ2) is 6.30. The van der Waals surface area contributed by atoms with Gasteiger partial charge in [-0.05, 0) is 31.1 Å². The second-order valence-corrected chi connectivity index (χ2v) is 8.76. The number of nitrogens with one attached hydrogen (secondary N) is 1. The van der Waals surface area contributed by atoms with E-state index in [1.54, 1.807) is 0 Å². The van der Waals surface area contributed by atoms with Crippen molar-refractivity contribution in [1.29, 1.82) is 10.5 Å². The maximum Gasteiger partial charge on any atom is 0.233 e. The van der Waals surface area contributed by atoms with E-state index < -0.39 is 5.41 Å².